The highest BCUT2D eigenvalue weighted by Crippen LogP contribution is 2.28. The van der Waals surface area contributed by atoms with Crippen LogP contribution in [0.5, 0.6) is 17.2 Å². The lowest BCUT2D eigenvalue weighted by molar-refractivity contribution is -0.118. The van der Waals surface area contributed by atoms with E-state index in [0.717, 1.165) is 0 Å². The van der Waals surface area contributed by atoms with Crippen LogP contribution in [0, 0.1) is 5.82 Å². The number of carbonyl (C=O) groups excluding carboxylic acids is 2. The highest BCUT2D eigenvalue weighted by Gasteiger charge is 2.13. The molecule has 0 aromatic heterocycles. The van der Waals surface area contributed by atoms with Crippen molar-refractivity contribution in [1.82, 2.24) is 5.32 Å². The Hall–Kier alpha value is -3.78. The molecule has 3 aromatic rings. The van der Waals surface area contributed by atoms with Gasteiger partial charge in [-0.25, -0.2) is 4.39 Å². The highest BCUT2D eigenvalue weighted by molar-refractivity contribution is 6.30. The Bertz CT molecular complexity index is 1090. The zero-order valence-electron chi connectivity index (χ0n) is 17.8. The van der Waals surface area contributed by atoms with Crippen LogP contribution in [0.2, 0.25) is 5.02 Å². The Morgan fingerprint density at radius 2 is 1.67 bits per heavy atom. The monoisotopic (exact) mass is 472 g/mol. The van der Waals surface area contributed by atoms with E-state index in [1.807, 2.05) is 0 Å². The molecule has 0 unspecified atom stereocenters. The lowest BCUT2D eigenvalue weighted by atomic mass is 10.2. The molecule has 2 amide bonds. The molecule has 7 nitrogen and oxygen atoms in total. The van der Waals surface area contributed by atoms with Crippen molar-refractivity contribution in [2.75, 3.05) is 32.2 Å². The van der Waals surface area contributed by atoms with Gasteiger partial charge in [0, 0.05) is 16.3 Å². The molecule has 0 spiro atoms. The summed E-state index contributed by atoms with van der Waals surface area (Å²) in [5.74, 6) is 0.122. The first-order valence-electron chi connectivity index (χ1n) is 9.97. The number of halogens is 2. The van der Waals surface area contributed by atoms with Gasteiger partial charge in [-0.05, 0) is 66.7 Å². The lowest BCUT2D eigenvalue weighted by Gasteiger charge is -2.13. The Morgan fingerprint density at radius 3 is 2.36 bits per heavy atom. The van der Waals surface area contributed by atoms with E-state index in [-0.39, 0.29) is 19.1 Å². The first-order chi connectivity index (χ1) is 15.9. The zero-order valence-corrected chi connectivity index (χ0v) is 18.5. The fourth-order valence-corrected chi connectivity index (χ4v) is 2.89. The minimum atomic E-state index is -0.425. The highest BCUT2D eigenvalue weighted by atomic mass is 35.5. The fourth-order valence-electron chi connectivity index (χ4n) is 2.77. The van der Waals surface area contributed by atoms with Gasteiger partial charge in [0.2, 0.25) is 0 Å². The van der Waals surface area contributed by atoms with E-state index in [2.05, 4.69) is 10.6 Å². The molecule has 0 aliphatic rings. The second-order valence-electron chi connectivity index (χ2n) is 6.77. The van der Waals surface area contributed by atoms with E-state index in [0.29, 0.717) is 40.1 Å². The number of anilines is 1. The number of ether oxygens (including phenoxy) is 3. The normalized spacial score (nSPS) is 10.3. The predicted octanol–water partition coefficient (Wildman–Crippen LogP) is 4.31. The summed E-state index contributed by atoms with van der Waals surface area (Å²) in [6.07, 6.45) is 0. The van der Waals surface area contributed by atoms with Crippen LogP contribution < -0.4 is 24.8 Å². The van der Waals surface area contributed by atoms with Crippen LogP contribution in [-0.2, 0) is 4.79 Å². The van der Waals surface area contributed by atoms with Gasteiger partial charge in [0.15, 0.2) is 18.1 Å². The molecule has 0 saturated carbocycles. The van der Waals surface area contributed by atoms with Crippen molar-refractivity contribution in [3.05, 3.63) is 83.1 Å². The van der Waals surface area contributed by atoms with Crippen molar-refractivity contribution in [2.24, 2.45) is 0 Å². The van der Waals surface area contributed by atoms with Crippen molar-refractivity contribution >= 4 is 29.1 Å². The molecular formula is C24H22ClFN2O5. The lowest BCUT2D eigenvalue weighted by Crippen LogP contribution is -2.28. The van der Waals surface area contributed by atoms with E-state index in [1.165, 1.54) is 37.4 Å². The summed E-state index contributed by atoms with van der Waals surface area (Å²) >= 11 is 5.83. The molecule has 0 aliphatic carbocycles. The molecule has 0 saturated heterocycles. The van der Waals surface area contributed by atoms with Gasteiger partial charge in [-0.3, -0.25) is 9.59 Å². The number of methoxy groups -OCH3 is 1. The van der Waals surface area contributed by atoms with Crippen molar-refractivity contribution in [1.29, 1.82) is 0 Å². The van der Waals surface area contributed by atoms with Gasteiger partial charge in [-0.15, -0.1) is 0 Å². The Balaban J connectivity index is 1.48. The van der Waals surface area contributed by atoms with E-state index in [4.69, 9.17) is 25.8 Å². The summed E-state index contributed by atoms with van der Waals surface area (Å²) in [6.45, 7) is 0.293. The van der Waals surface area contributed by atoms with Crippen molar-refractivity contribution in [2.45, 2.75) is 0 Å². The summed E-state index contributed by atoms with van der Waals surface area (Å²) in [7, 11) is 1.43. The molecule has 9 heteroatoms. The number of rotatable bonds is 10. The molecule has 0 aliphatic heterocycles. The van der Waals surface area contributed by atoms with E-state index in [9.17, 15) is 14.0 Å². The fraction of sp³-hybridized carbons (Fsp3) is 0.167. The number of nitrogens with one attached hydrogen (secondary N) is 2. The molecule has 33 heavy (non-hydrogen) atoms. The molecule has 0 radical (unpaired) electrons. The predicted molar refractivity (Wildman–Crippen MR) is 123 cm³/mol. The summed E-state index contributed by atoms with van der Waals surface area (Å²) in [5.41, 5.74) is 0.811. The van der Waals surface area contributed by atoms with Crippen LogP contribution in [0.25, 0.3) is 0 Å². The molecule has 2 N–H and O–H groups in total. The summed E-state index contributed by atoms with van der Waals surface area (Å²) in [6, 6.07) is 16.9. The summed E-state index contributed by atoms with van der Waals surface area (Å²) in [5, 5.41) is 5.97. The molecule has 0 heterocycles. The SMILES string of the molecule is COc1cc(C(=O)NCCOc2ccc(Cl)cc2)ccc1OCC(=O)Nc1ccc(F)cc1. The van der Waals surface area contributed by atoms with Gasteiger partial charge in [-0.2, -0.15) is 0 Å². The molecule has 0 fully saturated rings. The second kappa shape index (κ2) is 11.7. The van der Waals surface area contributed by atoms with Crippen LogP contribution in [0.3, 0.4) is 0 Å². The number of carbonyl (C=O) groups is 2. The minimum absolute atomic E-state index is 0.287. The third kappa shape index (κ3) is 7.40. The maximum Gasteiger partial charge on any atom is 0.262 e. The maximum atomic E-state index is 12.9. The smallest absolute Gasteiger partial charge is 0.262 e. The minimum Gasteiger partial charge on any atom is -0.493 e. The quantitative estimate of drug-likeness (QED) is 0.429. The number of hydrogen-bond donors (Lipinski definition) is 2. The van der Waals surface area contributed by atoms with Gasteiger partial charge in [0.05, 0.1) is 13.7 Å². The van der Waals surface area contributed by atoms with Gasteiger partial charge in [0.25, 0.3) is 11.8 Å². The Kier molecular flexibility index (Phi) is 8.49. The number of benzene rings is 3. The van der Waals surface area contributed by atoms with Gasteiger partial charge < -0.3 is 24.8 Å². The van der Waals surface area contributed by atoms with E-state index >= 15 is 0 Å². The van der Waals surface area contributed by atoms with Gasteiger partial charge >= 0.3 is 0 Å². The average molecular weight is 473 g/mol. The number of amides is 2. The summed E-state index contributed by atoms with van der Waals surface area (Å²) in [4.78, 5) is 24.5. The Morgan fingerprint density at radius 1 is 0.939 bits per heavy atom. The zero-order chi connectivity index (χ0) is 23.6. The van der Waals surface area contributed by atoms with Crippen LogP contribution >= 0.6 is 11.6 Å². The Labute approximate surface area is 195 Å². The van der Waals surface area contributed by atoms with E-state index in [1.54, 1.807) is 36.4 Å². The van der Waals surface area contributed by atoms with Gasteiger partial charge in [0.1, 0.15) is 18.2 Å². The molecule has 3 aromatic carbocycles. The van der Waals surface area contributed by atoms with Crippen molar-refractivity contribution in [3.8, 4) is 17.2 Å². The maximum absolute atomic E-state index is 12.9. The first kappa shape index (κ1) is 23.9. The molecular weight excluding hydrogens is 451 g/mol. The van der Waals surface area contributed by atoms with Crippen LogP contribution in [-0.4, -0.2) is 38.7 Å². The number of hydrogen-bond acceptors (Lipinski definition) is 5. The topological polar surface area (TPSA) is 85.9 Å². The molecule has 172 valence electrons. The molecule has 3 rings (SSSR count). The second-order valence-corrected chi connectivity index (χ2v) is 7.20. The van der Waals surface area contributed by atoms with Crippen LogP contribution in [0.4, 0.5) is 10.1 Å². The first-order valence-corrected chi connectivity index (χ1v) is 10.4. The molecule has 0 bridgehead atoms. The average Bonchev–Trinajstić information content (AvgIpc) is 2.83. The van der Waals surface area contributed by atoms with Crippen LogP contribution in [0.15, 0.2) is 66.7 Å². The largest absolute Gasteiger partial charge is 0.493 e. The summed E-state index contributed by atoms with van der Waals surface area (Å²) < 4.78 is 29.3. The third-order valence-corrected chi connectivity index (χ3v) is 4.63. The van der Waals surface area contributed by atoms with Crippen molar-refractivity contribution in [3.63, 3.8) is 0 Å². The molecule has 0 atom stereocenters. The van der Waals surface area contributed by atoms with Gasteiger partial charge in [-0.1, -0.05) is 11.6 Å². The van der Waals surface area contributed by atoms with Crippen LogP contribution in [0.1, 0.15) is 10.4 Å². The van der Waals surface area contributed by atoms with E-state index < -0.39 is 11.7 Å². The third-order valence-electron chi connectivity index (χ3n) is 4.38. The van der Waals surface area contributed by atoms with Crippen molar-refractivity contribution < 1.29 is 28.2 Å². The standard InChI is InChI=1S/C24H22ClFN2O5/c1-31-22-14-16(24(30)27-12-13-32-20-9-3-17(25)4-10-20)2-11-21(22)33-15-23(29)28-19-7-5-18(26)6-8-19/h2-11,14H,12-13,15H2,1H3,(H,27,30)(H,28,29).